The Balaban J connectivity index is 2.40. The molecule has 1 amide bonds. The number of amides is 1. The summed E-state index contributed by atoms with van der Waals surface area (Å²) >= 11 is 0. The number of carbonyl (C=O) groups excluding carboxylic acids is 1. The largest absolute Gasteiger partial charge is 0.481 e. The SMILES string of the molecule is O=C(O)CCNC(=O)c1cc[c]cc1. The molecule has 0 aliphatic heterocycles. The van der Waals surface area contributed by atoms with E-state index in [2.05, 4.69) is 11.4 Å². The maximum Gasteiger partial charge on any atom is 0.305 e. The quantitative estimate of drug-likeness (QED) is 0.737. The van der Waals surface area contributed by atoms with Crippen LogP contribution in [0.15, 0.2) is 24.3 Å². The monoisotopic (exact) mass is 192 g/mol. The molecule has 4 heteroatoms. The van der Waals surface area contributed by atoms with E-state index in [4.69, 9.17) is 5.11 Å². The van der Waals surface area contributed by atoms with Gasteiger partial charge in [0.25, 0.3) is 5.91 Å². The highest BCUT2D eigenvalue weighted by Gasteiger charge is 2.04. The van der Waals surface area contributed by atoms with Gasteiger partial charge >= 0.3 is 5.97 Å². The Morgan fingerprint density at radius 2 is 2.00 bits per heavy atom. The second kappa shape index (κ2) is 5.01. The fraction of sp³-hybridized carbons (Fsp3) is 0.200. The molecule has 0 aliphatic rings. The first-order valence-corrected chi connectivity index (χ1v) is 4.16. The lowest BCUT2D eigenvalue weighted by molar-refractivity contribution is -0.136. The highest BCUT2D eigenvalue weighted by molar-refractivity contribution is 5.94. The minimum absolute atomic E-state index is 0.0648. The fourth-order valence-corrected chi connectivity index (χ4v) is 0.923. The van der Waals surface area contributed by atoms with E-state index in [9.17, 15) is 9.59 Å². The maximum absolute atomic E-state index is 11.3. The molecule has 0 spiro atoms. The first-order valence-electron chi connectivity index (χ1n) is 4.16. The van der Waals surface area contributed by atoms with Gasteiger partial charge in [-0.3, -0.25) is 9.59 Å². The van der Waals surface area contributed by atoms with Crippen molar-refractivity contribution in [2.45, 2.75) is 6.42 Å². The summed E-state index contributed by atoms with van der Waals surface area (Å²) in [4.78, 5) is 21.5. The van der Waals surface area contributed by atoms with Crippen LogP contribution in [0.5, 0.6) is 0 Å². The molecule has 2 N–H and O–H groups in total. The van der Waals surface area contributed by atoms with Gasteiger partial charge in [0.15, 0.2) is 0 Å². The lowest BCUT2D eigenvalue weighted by Crippen LogP contribution is -2.25. The van der Waals surface area contributed by atoms with Crippen LogP contribution in [-0.2, 0) is 4.79 Å². The number of nitrogens with one attached hydrogen (secondary N) is 1. The van der Waals surface area contributed by atoms with Gasteiger partial charge in [0.2, 0.25) is 0 Å². The molecule has 1 rings (SSSR count). The van der Waals surface area contributed by atoms with Crippen LogP contribution in [-0.4, -0.2) is 23.5 Å². The number of hydrogen-bond donors (Lipinski definition) is 2. The molecule has 1 aromatic rings. The summed E-state index contributed by atoms with van der Waals surface area (Å²) in [5, 5.41) is 10.8. The molecule has 0 unspecified atom stereocenters. The number of hydrogen-bond acceptors (Lipinski definition) is 2. The predicted octanol–water partition coefficient (Wildman–Crippen LogP) is 0.691. The first kappa shape index (κ1) is 10.2. The molecule has 0 aliphatic carbocycles. The highest BCUT2D eigenvalue weighted by atomic mass is 16.4. The summed E-state index contributed by atoms with van der Waals surface area (Å²) < 4.78 is 0. The number of aliphatic carboxylic acids is 1. The van der Waals surface area contributed by atoms with Gasteiger partial charge in [-0.05, 0) is 18.2 Å². The molecule has 1 aromatic carbocycles. The van der Waals surface area contributed by atoms with Gasteiger partial charge in [0.05, 0.1) is 6.42 Å². The summed E-state index contributed by atoms with van der Waals surface area (Å²) in [6.45, 7) is 0.146. The van der Waals surface area contributed by atoms with Crippen molar-refractivity contribution in [1.29, 1.82) is 0 Å². The third-order valence-electron chi connectivity index (χ3n) is 1.60. The molecule has 14 heavy (non-hydrogen) atoms. The van der Waals surface area contributed by atoms with Crippen molar-refractivity contribution in [1.82, 2.24) is 5.32 Å². The van der Waals surface area contributed by atoms with Crippen LogP contribution in [0.2, 0.25) is 0 Å². The van der Waals surface area contributed by atoms with E-state index >= 15 is 0 Å². The summed E-state index contributed by atoms with van der Waals surface area (Å²) in [5.41, 5.74) is 0.508. The summed E-state index contributed by atoms with van der Waals surface area (Å²) in [6, 6.07) is 9.29. The Hall–Kier alpha value is -1.84. The lowest BCUT2D eigenvalue weighted by Gasteiger charge is -2.02. The Morgan fingerprint density at radius 1 is 1.36 bits per heavy atom. The average molecular weight is 192 g/mol. The Morgan fingerprint density at radius 3 is 2.57 bits per heavy atom. The smallest absolute Gasteiger partial charge is 0.305 e. The van der Waals surface area contributed by atoms with Gasteiger partial charge in [-0.2, -0.15) is 0 Å². The molecule has 0 heterocycles. The van der Waals surface area contributed by atoms with Gasteiger partial charge in [0.1, 0.15) is 0 Å². The van der Waals surface area contributed by atoms with Crippen LogP contribution in [0.3, 0.4) is 0 Å². The maximum atomic E-state index is 11.3. The molecule has 0 atom stereocenters. The lowest BCUT2D eigenvalue weighted by atomic mass is 10.2. The van der Waals surface area contributed by atoms with Crippen LogP contribution < -0.4 is 5.32 Å². The van der Waals surface area contributed by atoms with E-state index in [1.54, 1.807) is 24.3 Å². The van der Waals surface area contributed by atoms with Crippen molar-refractivity contribution >= 4 is 11.9 Å². The Labute approximate surface area is 81.6 Å². The van der Waals surface area contributed by atoms with Crippen LogP contribution in [0.25, 0.3) is 0 Å². The number of carboxylic acids is 1. The van der Waals surface area contributed by atoms with Crippen molar-refractivity contribution in [3.05, 3.63) is 35.9 Å². The molecular weight excluding hydrogens is 182 g/mol. The third kappa shape index (κ3) is 3.26. The van der Waals surface area contributed by atoms with Crippen molar-refractivity contribution < 1.29 is 14.7 Å². The number of carbonyl (C=O) groups is 2. The number of benzene rings is 1. The molecule has 0 saturated carbocycles. The molecule has 0 fully saturated rings. The molecule has 0 bridgehead atoms. The van der Waals surface area contributed by atoms with Crippen molar-refractivity contribution in [3.8, 4) is 0 Å². The summed E-state index contributed by atoms with van der Waals surface area (Å²) in [5.74, 6) is -1.19. The predicted molar refractivity (Wildman–Crippen MR) is 49.9 cm³/mol. The van der Waals surface area contributed by atoms with Gasteiger partial charge in [-0.1, -0.05) is 12.1 Å². The molecule has 0 saturated heterocycles. The van der Waals surface area contributed by atoms with Gasteiger partial charge in [-0.15, -0.1) is 0 Å². The Bertz CT molecular complexity index is 321. The zero-order chi connectivity index (χ0) is 10.4. The van der Waals surface area contributed by atoms with E-state index in [-0.39, 0.29) is 18.9 Å². The van der Waals surface area contributed by atoms with Crippen LogP contribution in [0.4, 0.5) is 0 Å². The molecule has 73 valence electrons. The van der Waals surface area contributed by atoms with Crippen LogP contribution in [0, 0.1) is 6.07 Å². The first-order chi connectivity index (χ1) is 6.70. The van der Waals surface area contributed by atoms with E-state index in [0.29, 0.717) is 5.56 Å². The molecule has 0 aromatic heterocycles. The molecule has 4 nitrogen and oxygen atoms in total. The standard InChI is InChI=1S/C10H10NO3/c12-9(13)6-7-11-10(14)8-4-2-1-3-5-8/h2-5H,6-7H2,(H,11,14)(H,12,13). The zero-order valence-electron chi connectivity index (χ0n) is 7.49. The Kier molecular flexibility index (Phi) is 3.67. The zero-order valence-corrected chi connectivity index (χ0v) is 7.49. The average Bonchev–Trinajstić information content (AvgIpc) is 2.18. The molecular formula is C10H10NO3. The van der Waals surface area contributed by atoms with E-state index < -0.39 is 5.97 Å². The third-order valence-corrected chi connectivity index (χ3v) is 1.60. The number of carboxylic acid groups (broad SMARTS) is 1. The second-order valence-corrected chi connectivity index (χ2v) is 2.69. The minimum Gasteiger partial charge on any atom is -0.481 e. The van der Waals surface area contributed by atoms with Crippen LogP contribution >= 0.6 is 0 Å². The van der Waals surface area contributed by atoms with Crippen molar-refractivity contribution in [2.75, 3.05) is 6.54 Å². The fourth-order valence-electron chi connectivity index (χ4n) is 0.923. The summed E-state index contributed by atoms with van der Waals surface area (Å²) in [6.07, 6.45) is -0.0648. The van der Waals surface area contributed by atoms with Crippen molar-refractivity contribution in [3.63, 3.8) is 0 Å². The minimum atomic E-state index is -0.924. The highest BCUT2D eigenvalue weighted by Crippen LogP contribution is 1.96. The summed E-state index contributed by atoms with van der Waals surface area (Å²) in [7, 11) is 0. The van der Waals surface area contributed by atoms with E-state index in [1.807, 2.05) is 0 Å². The van der Waals surface area contributed by atoms with E-state index in [1.165, 1.54) is 0 Å². The number of rotatable bonds is 4. The van der Waals surface area contributed by atoms with Crippen molar-refractivity contribution in [2.24, 2.45) is 0 Å². The van der Waals surface area contributed by atoms with E-state index in [0.717, 1.165) is 0 Å². The van der Waals surface area contributed by atoms with Gasteiger partial charge in [0, 0.05) is 12.1 Å². The second-order valence-electron chi connectivity index (χ2n) is 2.69. The topological polar surface area (TPSA) is 66.4 Å². The van der Waals surface area contributed by atoms with Gasteiger partial charge < -0.3 is 10.4 Å². The van der Waals surface area contributed by atoms with Crippen LogP contribution in [0.1, 0.15) is 16.8 Å². The molecule has 1 radical (unpaired) electrons. The normalized spacial score (nSPS) is 9.43. The van der Waals surface area contributed by atoms with Gasteiger partial charge in [-0.25, -0.2) is 0 Å².